The number of hydrogen-bond donors (Lipinski definition) is 0. The molecule has 0 saturated carbocycles. The molecule has 0 amide bonds. The van der Waals surface area contributed by atoms with Crippen molar-refractivity contribution in [3.05, 3.63) is 30.3 Å². The van der Waals surface area contributed by atoms with Crippen molar-refractivity contribution in [2.24, 2.45) is 5.92 Å². The third kappa shape index (κ3) is 4.71. The SMILES string of the molecule is CCCOC(=O)C(C)CSc1ccccc1. The highest BCUT2D eigenvalue weighted by Gasteiger charge is 2.14. The molecule has 2 nitrogen and oxygen atoms in total. The molecule has 0 N–H and O–H groups in total. The van der Waals surface area contributed by atoms with Gasteiger partial charge in [0.1, 0.15) is 0 Å². The molecule has 0 fully saturated rings. The summed E-state index contributed by atoms with van der Waals surface area (Å²) in [5.74, 6) is 0.633. The van der Waals surface area contributed by atoms with E-state index < -0.39 is 0 Å². The first kappa shape index (κ1) is 13.1. The maximum absolute atomic E-state index is 11.5. The standard InChI is InChI=1S/C13H18O2S/c1-3-9-15-13(14)11(2)10-16-12-7-5-4-6-8-12/h4-8,11H,3,9-10H2,1-2H3. The van der Waals surface area contributed by atoms with Gasteiger partial charge in [-0.25, -0.2) is 0 Å². The number of carbonyl (C=O) groups excluding carboxylic acids is 1. The second-order valence-corrected chi connectivity index (χ2v) is 4.79. The van der Waals surface area contributed by atoms with Gasteiger partial charge >= 0.3 is 5.97 Å². The molecule has 0 aliphatic carbocycles. The molecule has 1 atom stereocenters. The Hall–Kier alpha value is -0.960. The Labute approximate surface area is 101 Å². The molecule has 0 bridgehead atoms. The molecule has 0 radical (unpaired) electrons. The van der Waals surface area contributed by atoms with Gasteiger partial charge in [0, 0.05) is 10.6 Å². The van der Waals surface area contributed by atoms with E-state index in [0.717, 1.165) is 12.2 Å². The molecule has 1 aromatic rings. The van der Waals surface area contributed by atoms with E-state index in [1.54, 1.807) is 11.8 Å². The van der Waals surface area contributed by atoms with Crippen LogP contribution in [0.1, 0.15) is 20.3 Å². The lowest BCUT2D eigenvalue weighted by Crippen LogP contribution is -2.17. The fraction of sp³-hybridized carbons (Fsp3) is 0.462. The molecule has 0 aliphatic heterocycles. The molecule has 16 heavy (non-hydrogen) atoms. The average molecular weight is 238 g/mol. The average Bonchev–Trinajstić information content (AvgIpc) is 2.34. The predicted octanol–water partition coefficient (Wildman–Crippen LogP) is 3.37. The lowest BCUT2D eigenvalue weighted by atomic mass is 10.2. The lowest BCUT2D eigenvalue weighted by molar-refractivity contribution is -0.147. The summed E-state index contributed by atoms with van der Waals surface area (Å²) in [6.45, 7) is 4.43. The normalized spacial score (nSPS) is 12.1. The predicted molar refractivity (Wildman–Crippen MR) is 67.6 cm³/mol. The van der Waals surface area contributed by atoms with Crippen LogP contribution >= 0.6 is 11.8 Å². The minimum Gasteiger partial charge on any atom is -0.465 e. The maximum Gasteiger partial charge on any atom is 0.309 e. The van der Waals surface area contributed by atoms with Gasteiger partial charge in [-0.05, 0) is 18.6 Å². The van der Waals surface area contributed by atoms with Gasteiger partial charge in [-0.3, -0.25) is 4.79 Å². The zero-order valence-electron chi connectivity index (χ0n) is 9.81. The zero-order valence-corrected chi connectivity index (χ0v) is 10.6. The summed E-state index contributed by atoms with van der Waals surface area (Å²) in [5.41, 5.74) is 0. The first-order valence-electron chi connectivity index (χ1n) is 5.58. The van der Waals surface area contributed by atoms with E-state index in [-0.39, 0.29) is 11.9 Å². The highest BCUT2D eigenvalue weighted by atomic mass is 32.2. The number of carbonyl (C=O) groups is 1. The van der Waals surface area contributed by atoms with Crippen molar-refractivity contribution in [3.8, 4) is 0 Å². The largest absolute Gasteiger partial charge is 0.465 e. The van der Waals surface area contributed by atoms with E-state index >= 15 is 0 Å². The molecule has 0 spiro atoms. The van der Waals surface area contributed by atoms with E-state index in [1.807, 2.05) is 32.0 Å². The minimum atomic E-state index is -0.0923. The Kier molecular flexibility index (Phi) is 6.01. The summed E-state index contributed by atoms with van der Waals surface area (Å²) in [6, 6.07) is 10.1. The summed E-state index contributed by atoms with van der Waals surface area (Å²) in [7, 11) is 0. The van der Waals surface area contributed by atoms with Crippen molar-refractivity contribution in [2.75, 3.05) is 12.4 Å². The Balaban J connectivity index is 2.29. The number of esters is 1. The van der Waals surface area contributed by atoms with Crippen molar-refractivity contribution in [1.82, 2.24) is 0 Å². The number of benzene rings is 1. The number of thioether (sulfide) groups is 1. The monoisotopic (exact) mass is 238 g/mol. The van der Waals surface area contributed by atoms with Crippen LogP contribution in [-0.2, 0) is 9.53 Å². The highest BCUT2D eigenvalue weighted by Crippen LogP contribution is 2.20. The lowest BCUT2D eigenvalue weighted by Gasteiger charge is -2.10. The molecule has 3 heteroatoms. The van der Waals surface area contributed by atoms with Gasteiger partial charge in [-0.2, -0.15) is 0 Å². The maximum atomic E-state index is 11.5. The van der Waals surface area contributed by atoms with E-state index in [2.05, 4.69) is 12.1 Å². The number of rotatable bonds is 6. The second kappa shape index (κ2) is 7.34. The van der Waals surface area contributed by atoms with Crippen molar-refractivity contribution in [2.45, 2.75) is 25.2 Å². The summed E-state index contributed by atoms with van der Waals surface area (Å²) in [4.78, 5) is 12.7. The Morgan fingerprint density at radius 3 is 2.69 bits per heavy atom. The molecule has 0 aromatic heterocycles. The third-order valence-electron chi connectivity index (χ3n) is 2.09. The zero-order chi connectivity index (χ0) is 11.8. The van der Waals surface area contributed by atoms with Crippen molar-refractivity contribution in [3.63, 3.8) is 0 Å². The first-order valence-corrected chi connectivity index (χ1v) is 6.57. The van der Waals surface area contributed by atoms with Crippen LogP contribution in [0.4, 0.5) is 0 Å². The second-order valence-electron chi connectivity index (χ2n) is 3.69. The van der Waals surface area contributed by atoms with Gasteiger partial charge < -0.3 is 4.74 Å². The van der Waals surface area contributed by atoms with Crippen LogP contribution in [0, 0.1) is 5.92 Å². The third-order valence-corrected chi connectivity index (χ3v) is 3.37. The minimum absolute atomic E-state index is 0.0447. The Bertz CT molecular complexity index is 311. The summed E-state index contributed by atoms with van der Waals surface area (Å²) in [6.07, 6.45) is 0.879. The topological polar surface area (TPSA) is 26.3 Å². The summed E-state index contributed by atoms with van der Waals surface area (Å²) >= 11 is 1.69. The van der Waals surface area contributed by atoms with Gasteiger partial charge in [0.05, 0.1) is 12.5 Å². The molecule has 88 valence electrons. The van der Waals surface area contributed by atoms with E-state index in [1.165, 1.54) is 4.90 Å². The fourth-order valence-electron chi connectivity index (χ4n) is 1.15. The van der Waals surface area contributed by atoms with Gasteiger partial charge in [-0.15, -0.1) is 11.8 Å². The van der Waals surface area contributed by atoms with Crippen LogP contribution in [0.15, 0.2) is 35.2 Å². The first-order chi connectivity index (χ1) is 7.74. The molecule has 1 rings (SSSR count). The molecule has 0 aliphatic rings. The Morgan fingerprint density at radius 2 is 2.06 bits per heavy atom. The van der Waals surface area contributed by atoms with Crippen molar-refractivity contribution in [1.29, 1.82) is 0 Å². The van der Waals surface area contributed by atoms with Crippen LogP contribution in [0.2, 0.25) is 0 Å². The van der Waals surface area contributed by atoms with Gasteiger partial charge in [0.2, 0.25) is 0 Å². The molecular formula is C13H18O2S. The van der Waals surface area contributed by atoms with Gasteiger partial charge in [-0.1, -0.05) is 32.0 Å². The highest BCUT2D eigenvalue weighted by molar-refractivity contribution is 7.99. The molecule has 0 saturated heterocycles. The van der Waals surface area contributed by atoms with Gasteiger partial charge in [0.25, 0.3) is 0 Å². The van der Waals surface area contributed by atoms with Gasteiger partial charge in [0.15, 0.2) is 0 Å². The van der Waals surface area contributed by atoms with E-state index in [0.29, 0.717) is 6.61 Å². The molecule has 1 aromatic carbocycles. The van der Waals surface area contributed by atoms with Crippen LogP contribution in [-0.4, -0.2) is 18.3 Å². The summed E-state index contributed by atoms with van der Waals surface area (Å²) < 4.78 is 5.09. The van der Waals surface area contributed by atoms with Crippen LogP contribution in [0.3, 0.4) is 0 Å². The van der Waals surface area contributed by atoms with E-state index in [9.17, 15) is 4.79 Å². The smallest absolute Gasteiger partial charge is 0.309 e. The number of ether oxygens (including phenoxy) is 1. The Morgan fingerprint density at radius 1 is 1.38 bits per heavy atom. The molecular weight excluding hydrogens is 220 g/mol. The summed E-state index contributed by atoms with van der Waals surface area (Å²) in [5, 5.41) is 0. The van der Waals surface area contributed by atoms with Crippen molar-refractivity contribution < 1.29 is 9.53 Å². The number of hydrogen-bond acceptors (Lipinski definition) is 3. The van der Waals surface area contributed by atoms with E-state index in [4.69, 9.17) is 4.74 Å². The van der Waals surface area contributed by atoms with Crippen molar-refractivity contribution >= 4 is 17.7 Å². The van der Waals surface area contributed by atoms with Crippen LogP contribution < -0.4 is 0 Å². The molecule has 0 heterocycles. The van der Waals surface area contributed by atoms with Crippen LogP contribution in [0.25, 0.3) is 0 Å². The fourth-order valence-corrected chi connectivity index (χ4v) is 2.08. The quantitative estimate of drug-likeness (QED) is 0.561. The van der Waals surface area contributed by atoms with Crippen LogP contribution in [0.5, 0.6) is 0 Å². The molecule has 1 unspecified atom stereocenters.